The maximum Gasteiger partial charge on any atom is 0.243 e. The van der Waals surface area contributed by atoms with Gasteiger partial charge in [-0.2, -0.15) is 9.97 Å². The lowest BCUT2D eigenvalue weighted by molar-refractivity contribution is 0.373. The summed E-state index contributed by atoms with van der Waals surface area (Å²) in [5.41, 5.74) is 0. The lowest BCUT2D eigenvalue weighted by Crippen LogP contribution is -2.19. The van der Waals surface area contributed by atoms with Crippen LogP contribution in [0, 0.1) is 0 Å². The molecular formula is C9H14ClN3O4S. The molecule has 0 fully saturated rings. The third-order valence-corrected chi connectivity index (χ3v) is 3.48. The molecular weight excluding hydrogens is 282 g/mol. The van der Waals surface area contributed by atoms with Crippen molar-refractivity contribution in [3.63, 3.8) is 0 Å². The van der Waals surface area contributed by atoms with Crippen molar-refractivity contribution in [3.8, 4) is 11.8 Å². The number of halogens is 1. The van der Waals surface area contributed by atoms with E-state index in [1.165, 1.54) is 20.3 Å². The standard InChI is InChI=1S/C9H14ClN3O4S/c1-16-7-6-8(17-2)12-9(11-7)13-18(14,15)5-3-4-10/h6H,3-5H2,1-2H3,(H,11,12,13). The number of nitrogens with zero attached hydrogens (tertiary/aromatic N) is 2. The van der Waals surface area contributed by atoms with Crippen molar-refractivity contribution in [2.45, 2.75) is 6.42 Å². The smallest absolute Gasteiger partial charge is 0.243 e. The number of hydrogen-bond donors (Lipinski definition) is 1. The van der Waals surface area contributed by atoms with Crippen molar-refractivity contribution in [3.05, 3.63) is 6.07 Å². The van der Waals surface area contributed by atoms with Gasteiger partial charge >= 0.3 is 0 Å². The molecule has 0 aromatic carbocycles. The second-order valence-corrected chi connectivity index (χ2v) is 5.46. The van der Waals surface area contributed by atoms with Crippen LogP contribution < -0.4 is 14.2 Å². The lowest BCUT2D eigenvalue weighted by atomic mass is 10.6. The number of rotatable bonds is 7. The second kappa shape index (κ2) is 6.60. The van der Waals surface area contributed by atoms with Crippen molar-refractivity contribution in [2.24, 2.45) is 0 Å². The molecule has 0 bridgehead atoms. The topological polar surface area (TPSA) is 90.4 Å². The lowest BCUT2D eigenvalue weighted by Gasteiger charge is -2.08. The summed E-state index contributed by atoms with van der Waals surface area (Å²) in [7, 11) is -0.697. The van der Waals surface area contributed by atoms with Gasteiger partial charge in [-0.05, 0) is 6.42 Å². The Labute approximate surface area is 111 Å². The van der Waals surface area contributed by atoms with Crippen LogP contribution in [0.1, 0.15) is 6.42 Å². The molecule has 18 heavy (non-hydrogen) atoms. The zero-order valence-electron chi connectivity index (χ0n) is 10.0. The Morgan fingerprint density at radius 1 is 1.28 bits per heavy atom. The van der Waals surface area contributed by atoms with E-state index in [0.29, 0.717) is 6.42 Å². The Hall–Kier alpha value is -1.28. The Balaban J connectivity index is 2.89. The first-order valence-corrected chi connectivity index (χ1v) is 7.23. The molecule has 0 saturated heterocycles. The second-order valence-electron chi connectivity index (χ2n) is 3.24. The molecule has 0 saturated carbocycles. The Bertz CT molecular complexity index is 472. The fraction of sp³-hybridized carbons (Fsp3) is 0.556. The Kier molecular flexibility index (Phi) is 5.42. The monoisotopic (exact) mass is 295 g/mol. The van der Waals surface area contributed by atoms with Crippen LogP contribution >= 0.6 is 11.6 Å². The fourth-order valence-corrected chi connectivity index (χ4v) is 2.38. The van der Waals surface area contributed by atoms with E-state index < -0.39 is 10.0 Å². The van der Waals surface area contributed by atoms with Gasteiger partial charge in [-0.25, -0.2) is 8.42 Å². The van der Waals surface area contributed by atoms with Gasteiger partial charge in [0.05, 0.1) is 26.0 Å². The number of methoxy groups -OCH3 is 2. The van der Waals surface area contributed by atoms with Crippen LogP contribution in [0.4, 0.5) is 5.95 Å². The Morgan fingerprint density at radius 3 is 2.28 bits per heavy atom. The normalized spacial score (nSPS) is 11.1. The molecule has 0 radical (unpaired) electrons. The molecule has 0 aliphatic rings. The zero-order valence-corrected chi connectivity index (χ0v) is 11.6. The van der Waals surface area contributed by atoms with Crippen molar-refractivity contribution < 1.29 is 17.9 Å². The van der Waals surface area contributed by atoms with Crippen molar-refractivity contribution in [1.29, 1.82) is 0 Å². The van der Waals surface area contributed by atoms with Crippen LogP contribution in [0.15, 0.2) is 6.07 Å². The molecule has 102 valence electrons. The fourth-order valence-electron chi connectivity index (χ4n) is 1.09. The van der Waals surface area contributed by atoms with Gasteiger partial charge in [-0.3, -0.25) is 4.72 Å². The highest BCUT2D eigenvalue weighted by Crippen LogP contribution is 2.18. The van der Waals surface area contributed by atoms with Crippen LogP contribution in [0.5, 0.6) is 11.8 Å². The van der Waals surface area contributed by atoms with E-state index in [1.807, 2.05) is 0 Å². The molecule has 1 aromatic heterocycles. The quantitative estimate of drug-likeness (QED) is 0.751. The van der Waals surface area contributed by atoms with Crippen LogP contribution in [0.2, 0.25) is 0 Å². The molecule has 1 aromatic rings. The minimum atomic E-state index is -3.52. The summed E-state index contributed by atoms with van der Waals surface area (Å²) in [5, 5.41) is 0. The maximum absolute atomic E-state index is 11.6. The van der Waals surface area contributed by atoms with Crippen LogP contribution in [0.3, 0.4) is 0 Å². The molecule has 1 N–H and O–H groups in total. The van der Waals surface area contributed by atoms with Gasteiger partial charge in [-0.15, -0.1) is 11.6 Å². The molecule has 1 rings (SSSR count). The summed E-state index contributed by atoms with van der Waals surface area (Å²) in [6.45, 7) is 0. The maximum atomic E-state index is 11.6. The van der Waals surface area contributed by atoms with Gasteiger partial charge in [0.25, 0.3) is 0 Å². The molecule has 0 unspecified atom stereocenters. The minimum absolute atomic E-state index is 0.0965. The number of hydrogen-bond acceptors (Lipinski definition) is 6. The number of ether oxygens (including phenoxy) is 2. The largest absolute Gasteiger partial charge is 0.481 e. The van der Waals surface area contributed by atoms with E-state index in [-0.39, 0.29) is 29.3 Å². The first-order chi connectivity index (χ1) is 8.50. The van der Waals surface area contributed by atoms with E-state index in [0.717, 1.165) is 0 Å². The summed E-state index contributed by atoms with van der Waals surface area (Å²) >= 11 is 5.44. The zero-order chi connectivity index (χ0) is 13.6. The van der Waals surface area contributed by atoms with E-state index >= 15 is 0 Å². The molecule has 0 aliphatic heterocycles. The highest BCUT2D eigenvalue weighted by molar-refractivity contribution is 7.92. The minimum Gasteiger partial charge on any atom is -0.481 e. The molecule has 1 heterocycles. The third kappa shape index (κ3) is 4.53. The molecule has 0 amide bonds. The molecule has 0 aliphatic carbocycles. The molecule has 0 atom stereocenters. The number of aromatic nitrogens is 2. The predicted molar refractivity (Wildman–Crippen MR) is 67.9 cm³/mol. The number of anilines is 1. The van der Waals surface area contributed by atoms with Crippen LogP contribution in [-0.4, -0.2) is 44.2 Å². The van der Waals surface area contributed by atoms with Crippen molar-refractivity contribution in [2.75, 3.05) is 30.6 Å². The molecule has 7 nitrogen and oxygen atoms in total. The number of nitrogens with one attached hydrogen (secondary N) is 1. The van der Waals surface area contributed by atoms with Crippen LogP contribution in [-0.2, 0) is 10.0 Å². The first-order valence-electron chi connectivity index (χ1n) is 5.04. The van der Waals surface area contributed by atoms with Gasteiger partial charge in [0, 0.05) is 5.88 Å². The van der Waals surface area contributed by atoms with Gasteiger partial charge in [0.1, 0.15) is 0 Å². The van der Waals surface area contributed by atoms with Gasteiger partial charge < -0.3 is 9.47 Å². The van der Waals surface area contributed by atoms with E-state index in [2.05, 4.69) is 14.7 Å². The number of alkyl halides is 1. The van der Waals surface area contributed by atoms with E-state index in [4.69, 9.17) is 21.1 Å². The summed E-state index contributed by atoms with van der Waals surface area (Å²) in [6.07, 6.45) is 0.345. The SMILES string of the molecule is COc1cc(OC)nc(NS(=O)(=O)CCCCl)n1. The van der Waals surface area contributed by atoms with Gasteiger partial charge in [-0.1, -0.05) is 0 Å². The summed E-state index contributed by atoms with van der Waals surface area (Å²) < 4.78 is 35.3. The molecule has 9 heteroatoms. The van der Waals surface area contributed by atoms with E-state index in [9.17, 15) is 8.42 Å². The summed E-state index contributed by atoms with van der Waals surface area (Å²) in [5.74, 6) is 0.484. The highest BCUT2D eigenvalue weighted by atomic mass is 35.5. The first kappa shape index (κ1) is 14.8. The average Bonchev–Trinajstić information content (AvgIpc) is 2.35. The van der Waals surface area contributed by atoms with Crippen molar-refractivity contribution >= 4 is 27.6 Å². The van der Waals surface area contributed by atoms with Crippen LogP contribution in [0.25, 0.3) is 0 Å². The average molecular weight is 296 g/mol. The molecule has 0 spiro atoms. The Morgan fingerprint density at radius 2 is 1.83 bits per heavy atom. The summed E-state index contributed by atoms with van der Waals surface area (Å²) in [6, 6.07) is 1.44. The van der Waals surface area contributed by atoms with Gasteiger partial charge in [0.15, 0.2) is 0 Å². The predicted octanol–water partition coefficient (Wildman–Crippen LogP) is 0.864. The highest BCUT2D eigenvalue weighted by Gasteiger charge is 2.13. The number of sulfonamides is 1. The van der Waals surface area contributed by atoms with Gasteiger partial charge in [0.2, 0.25) is 27.7 Å². The summed E-state index contributed by atoms with van der Waals surface area (Å²) in [4.78, 5) is 7.71. The van der Waals surface area contributed by atoms with Crippen molar-refractivity contribution in [1.82, 2.24) is 9.97 Å². The van der Waals surface area contributed by atoms with E-state index in [1.54, 1.807) is 0 Å². The third-order valence-electron chi connectivity index (χ3n) is 1.89.